The highest BCUT2D eigenvalue weighted by Crippen LogP contribution is 2.35. The summed E-state index contributed by atoms with van der Waals surface area (Å²) in [5.41, 5.74) is 0.182. The van der Waals surface area contributed by atoms with Crippen LogP contribution in [0.3, 0.4) is 0 Å². The van der Waals surface area contributed by atoms with Crippen LogP contribution in [-0.4, -0.2) is 17.0 Å². The number of nitrogens with one attached hydrogen (secondary N) is 1. The van der Waals surface area contributed by atoms with Crippen molar-refractivity contribution in [2.75, 3.05) is 10.5 Å². The molecule has 0 amide bonds. The van der Waals surface area contributed by atoms with Crippen molar-refractivity contribution in [3.05, 3.63) is 64.9 Å². The third kappa shape index (κ3) is 4.65. The van der Waals surface area contributed by atoms with E-state index in [1.165, 1.54) is 24.3 Å². The smallest absolute Gasteiger partial charge is 0.387 e. The summed E-state index contributed by atoms with van der Waals surface area (Å²) in [6.07, 6.45) is 1.41. The number of para-hydroxylation sites is 1. The van der Waals surface area contributed by atoms with Gasteiger partial charge in [-0.3, -0.25) is 10.4 Å². The van der Waals surface area contributed by atoms with E-state index in [9.17, 15) is 23.6 Å². The maximum atomic E-state index is 13.6. The van der Waals surface area contributed by atoms with E-state index in [2.05, 4.69) is 32.6 Å². The maximum absolute atomic E-state index is 13.6. The summed E-state index contributed by atoms with van der Waals surface area (Å²) in [5, 5.41) is 21.2. The van der Waals surface area contributed by atoms with E-state index in [1.54, 1.807) is 12.1 Å². The van der Waals surface area contributed by atoms with Gasteiger partial charge in [-0.1, -0.05) is 24.3 Å². The highest BCUT2D eigenvalue weighted by molar-refractivity contribution is 9.10. The molecule has 0 bridgehead atoms. The molecule has 0 aliphatic heterocycles. The molecule has 1 unspecified atom stereocenters. The molecule has 0 aliphatic rings. The Bertz CT molecular complexity index is 759. The van der Waals surface area contributed by atoms with E-state index in [0.717, 1.165) is 6.07 Å². The van der Waals surface area contributed by atoms with Gasteiger partial charge in [-0.25, -0.2) is 4.39 Å². The van der Waals surface area contributed by atoms with Crippen LogP contribution in [-0.2, 0) is 0 Å². The first-order chi connectivity index (χ1) is 11.8. The normalized spacial score (nSPS) is 12.0. The van der Waals surface area contributed by atoms with Crippen LogP contribution in [0.4, 0.5) is 24.5 Å². The molecule has 2 aromatic carbocycles. The first-order valence-corrected chi connectivity index (χ1v) is 7.72. The second kappa shape index (κ2) is 8.24. The summed E-state index contributed by atoms with van der Waals surface area (Å²) in [6, 6.07) is 7.50. The first-order valence-electron chi connectivity index (χ1n) is 6.93. The summed E-state index contributed by atoms with van der Waals surface area (Å²) in [6.45, 7) is 0.631. The van der Waals surface area contributed by atoms with Crippen molar-refractivity contribution in [1.29, 1.82) is 0 Å². The summed E-state index contributed by atoms with van der Waals surface area (Å²) >= 11 is 3.00. The third-order valence-corrected chi connectivity index (χ3v) is 3.88. The van der Waals surface area contributed by atoms with E-state index in [0.29, 0.717) is 5.56 Å². The van der Waals surface area contributed by atoms with Crippen molar-refractivity contribution in [3.63, 3.8) is 0 Å². The Morgan fingerprint density at radius 2 is 1.92 bits per heavy atom. The largest absolute Gasteiger partial charge is 0.434 e. The van der Waals surface area contributed by atoms with E-state index >= 15 is 0 Å². The minimum atomic E-state index is -3.01. The van der Waals surface area contributed by atoms with Crippen LogP contribution in [0.1, 0.15) is 11.6 Å². The summed E-state index contributed by atoms with van der Waals surface area (Å²) in [5.74, 6) is -0.785. The quantitative estimate of drug-likeness (QED) is 0.430. The van der Waals surface area contributed by atoms with Gasteiger partial charge in [0.25, 0.3) is 0 Å². The van der Waals surface area contributed by atoms with Crippen LogP contribution < -0.4 is 15.3 Å². The molecule has 9 heteroatoms. The molecule has 0 saturated heterocycles. The summed E-state index contributed by atoms with van der Waals surface area (Å²) in [4.78, 5) is 0. The van der Waals surface area contributed by atoms with Crippen LogP contribution in [0.25, 0.3) is 0 Å². The lowest BCUT2D eigenvalue weighted by Gasteiger charge is -2.22. The topological polar surface area (TPSA) is 65.0 Å². The number of hydrogen-bond donors (Lipinski definition) is 3. The number of anilines is 2. The van der Waals surface area contributed by atoms with E-state index < -0.39 is 18.5 Å². The van der Waals surface area contributed by atoms with E-state index in [-0.39, 0.29) is 26.8 Å². The second-order valence-corrected chi connectivity index (χ2v) is 5.70. The van der Waals surface area contributed by atoms with Crippen molar-refractivity contribution in [2.45, 2.75) is 12.7 Å². The van der Waals surface area contributed by atoms with Gasteiger partial charge in [-0.2, -0.15) is 8.78 Å². The molecule has 2 rings (SSSR count). The van der Waals surface area contributed by atoms with Crippen LogP contribution in [0, 0.1) is 5.82 Å². The third-order valence-electron chi connectivity index (χ3n) is 3.27. The highest BCUT2D eigenvalue weighted by atomic mass is 79.9. The number of benzene rings is 2. The Morgan fingerprint density at radius 3 is 2.52 bits per heavy atom. The minimum absolute atomic E-state index is 0.0671. The molecular weight excluding hydrogens is 405 g/mol. The predicted octanol–water partition coefficient (Wildman–Crippen LogP) is 5.11. The fourth-order valence-electron chi connectivity index (χ4n) is 2.19. The fourth-order valence-corrected chi connectivity index (χ4v) is 2.53. The average Bonchev–Trinajstić information content (AvgIpc) is 2.55. The monoisotopic (exact) mass is 418 g/mol. The van der Waals surface area contributed by atoms with Gasteiger partial charge in [0.2, 0.25) is 0 Å². The molecule has 134 valence electrons. The summed E-state index contributed by atoms with van der Waals surface area (Å²) in [7, 11) is 0. The molecule has 3 N–H and O–H groups in total. The second-order valence-electron chi connectivity index (χ2n) is 4.85. The van der Waals surface area contributed by atoms with Crippen molar-refractivity contribution in [3.8, 4) is 5.75 Å². The van der Waals surface area contributed by atoms with Gasteiger partial charge in [0, 0.05) is 11.6 Å². The summed E-state index contributed by atoms with van der Waals surface area (Å²) < 4.78 is 43.3. The minimum Gasteiger partial charge on any atom is -0.434 e. The van der Waals surface area contributed by atoms with Crippen molar-refractivity contribution in [1.82, 2.24) is 0 Å². The van der Waals surface area contributed by atoms with Gasteiger partial charge in [-0.15, -0.1) is 11.8 Å². The molecule has 0 radical (unpaired) electrons. The van der Waals surface area contributed by atoms with Crippen LogP contribution in [0.15, 0.2) is 53.5 Å². The number of nitrogens with zero attached hydrogens (tertiary/aromatic N) is 1. The zero-order valence-corrected chi connectivity index (χ0v) is 14.3. The lowest BCUT2D eigenvalue weighted by atomic mass is 10.0. The Balaban J connectivity index is 2.42. The van der Waals surface area contributed by atoms with Crippen LogP contribution in [0.2, 0.25) is 0 Å². The predicted molar refractivity (Wildman–Crippen MR) is 89.8 cm³/mol. The number of hydrogen-bond acceptors (Lipinski definition) is 5. The highest BCUT2D eigenvalue weighted by Gasteiger charge is 2.19. The molecule has 0 heterocycles. The van der Waals surface area contributed by atoms with E-state index in [1.807, 2.05) is 0 Å². The molecule has 0 fully saturated rings. The molecule has 0 aromatic heterocycles. The Labute approximate surface area is 150 Å². The first kappa shape index (κ1) is 19.1. The number of halogens is 4. The van der Waals surface area contributed by atoms with Gasteiger partial charge in [0.1, 0.15) is 17.3 Å². The average molecular weight is 419 g/mol. The van der Waals surface area contributed by atoms with Gasteiger partial charge < -0.3 is 10.1 Å². The van der Waals surface area contributed by atoms with Crippen LogP contribution >= 0.6 is 15.9 Å². The molecule has 0 saturated carbocycles. The molecule has 1 atom stereocenters. The Hall–Kier alpha value is -2.23. The van der Waals surface area contributed by atoms with E-state index in [4.69, 9.17) is 0 Å². The Kier molecular flexibility index (Phi) is 6.29. The maximum Gasteiger partial charge on any atom is 0.387 e. The Morgan fingerprint density at radius 1 is 1.24 bits per heavy atom. The van der Waals surface area contributed by atoms with Crippen molar-refractivity contribution in [2.24, 2.45) is 0 Å². The number of ether oxygens (including phenoxy) is 1. The fraction of sp³-hybridized carbons (Fsp3) is 0.125. The lowest BCUT2D eigenvalue weighted by Crippen LogP contribution is -2.17. The SMILES string of the molecule is C=CC(Nc1cc(Br)c(F)cc1N(O)O)c1ccccc1OC(F)F. The van der Waals surface area contributed by atoms with Crippen molar-refractivity contribution < 1.29 is 28.3 Å². The van der Waals surface area contributed by atoms with Gasteiger partial charge in [0.15, 0.2) is 0 Å². The van der Waals surface area contributed by atoms with Crippen molar-refractivity contribution >= 4 is 27.3 Å². The molecule has 0 spiro atoms. The number of rotatable bonds is 7. The molecular formula is C16H14BrF3N2O3. The zero-order chi connectivity index (χ0) is 18.6. The molecule has 5 nitrogen and oxygen atoms in total. The van der Waals surface area contributed by atoms with Gasteiger partial charge >= 0.3 is 6.61 Å². The van der Waals surface area contributed by atoms with Crippen LogP contribution in [0.5, 0.6) is 5.75 Å². The number of alkyl halides is 2. The molecule has 0 aliphatic carbocycles. The zero-order valence-electron chi connectivity index (χ0n) is 12.7. The molecule has 25 heavy (non-hydrogen) atoms. The standard InChI is InChI=1S/C16H14BrF3N2O3/c1-2-12(9-5-3-4-6-15(9)25-16(19)20)21-13-7-10(17)11(18)8-14(13)22(23)24/h2-8,12,16,21,23-24H,1H2. The van der Waals surface area contributed by atoms with Gasteiger partial charge in [0.05, 0.1) is 16.2 Å². The lowest BCUT2D eigenvalue weighted by molar-refractivity contribution is -0.0504. The van der Waals surface area contributed by atoms with Gasteiger partial charge in [-0.05, 0) is 28.1 Å². The molecule has 2 aromatic rings.